The molecule has 0 fully saturated rings. The SMILES string of the molecule is COCCCNC(=O)c1cnc(NCc2ccccc2)cn1. The summed E-state index contributed by atoms with van der Waals surface area (Å²) in [5, 5.41) is 5.93. The molecular formula is C16H20N4O2. The van der Waals surface area contributed by atoms with Crippen molar-refractivity contribution in [3.8, 4) is 0 Å². The normalized spacial score (nSPS) is 10.2. The summed E-state index contributed by atoms with van der Waals surface area (Å²) in [6, 6.07) is 10.0. The van der Waals surface area contributed by atoms with Crippen LogP contribution in [0.25, 0.3) is 0 Å². The van der Waals surface area contributed by atoms with Crippen LogP contribution in [0.1, 0.15) is 22.5 Å². The number of ether oxygens (including phenoxy) is 1. The molecule has 116 valence electrons. The highest BCUT2D eigenvalue weighted by Gasteiger charge is 2.07. The lowest BCUT2D eigenvalue weighted by Gasteiger charge is -2.07. The van der Waals surface area contributed by atoms with Crippen molar-refractivity contribution in [2.24, 2.45) is 0 Å². The zero-order chi connectivity index (χ0) is 15.6. The summed E-state index contributed by atoms with van der Waals surface area (Å²) in [4.78, 5) is 20.1. The van der Waals surface area contributed by atoms with E-state index in [9.17, 15) is 4.79 Å². The van der Waals surface area contributed by atoms with Gasteiger partial charge in [0.05, 0.1) is 12.4 Å². The average Bonchev–Trinajstić information content (AvgIpc) is 2.58. The molecule has 1 heterocycles. The van der Waals surface area contributed by atoms with Crippen molar-refractivity contribution in [1.29, 1.82) is 0 Å². The summed E-state index contributed by atoms with van der Waals surface area (Å²) in [6.45, 7) is 1.84. The van der Waals surface area contributed by atoms with Crippen molar-refractivity contribution < 1.29 is 9.53 Å². The number of amides is 1. The van der Waals surface area contributed by atoms with Crippen LogP contribution in [-0.4, -0.2) is 36.1 Å². The van der Waals surface area contributed by atoms with E-state index >= 15 is 0 Å². The van der Waals surface area contributed by atoms with Gasteiger partial charge in [-0.25, -0.2) is 9.97 Å². The van der Waals surface area contributed by atoms with Gasteiger partial charge in [0.25, 0.3) is 5.91 Å². The highest BCUT2D eigenvalue weighted by molar-refractivity contribution is 5.91. The van der Waals surface area contributed by atoms with E-state index in [0.29, 0.717) is 31.2 Å². The fraction of sp³-hybridized carbons (Fsp3) is 0.312. The monoisotopic (exact) mass is 300 g/mol. The van der Waals surface area contributed by atoms with E-state index in [4.69, 9.17) is 4.74 Å². The van der Waals surface area contributed by atoms with E-state index in [1.807, 2.05) is 30.3 Å². The second-order valence-corrected chi connectivity index (χ2v) is 4.73. The van der Waals surface area contributed by atoms with Gasteiger partial charge < -0.3 is 15.4 Å². The Morgan fingerprint density at radius 3 is 2.68 bits per heavy atom. The number of carbonyl (C=O) groups excluding carboxylic acids is 1. The first-order valence-corrected chi connectivity index (χ1v) is 7.16. The Bertz CT molecular complexity index is 572. The van der Waals surface area contributed by atoms with Crippen LogP contribution in [-0.2, 0) is 11.3 Å². The number of nitrogens with one attached hydrogen (secondary N) is 2. The molecule has 2 rings (SSSR count). The minimum atomic E-state index is -0.224. The van der Waals surface area contributed by atoms with E-state index < -0.39 is 0 Å². The topological polar surface area (TPSA) is 76.1 Å². The molecule has 0 bridgehead atoms. The second-order valence-electron chi connectivity index (χ2n) is 4.73. The maximum Gasteiger partial charge on any atom is 0.271 e. The van der Waals surface area contributed by atoms with E-state index in [-0.39, 0.29) is 5.91 Å². The van der Waals surface area contributed by atoms with Gasteiger partial charge in [0.15, 0.2) is 0 Å². The van der Waals surface area contributed by atoms with E-state index in [0.717, 1.165) is 12.0 Å². The minimum absolute atomic E-state index is 0.224. The predicted octanol–water partition coefficient (Wildman–Crippen LogP) is 1.85. The molecule has 2 aromatic rings. The second kappa shape index (κ2) is 8.74. The summed E-state index contributed by atoms with van der Waals surface area (Å²) >= 11 is 0. The third kappa shape index (κ3) is 5.14. The molecule has 0 aliphatic rings. The van der Waals surface area contributed by atoms with Crippen molar-refractivity contribution in [3.63, 3.8) is 0 Å². The van der Waals surface area contributed by atoms with Crippen molar-refractivity contribution in [2.75, 3.05) is 25.6 Å². The maximum atomic E-state index is 11.8. The number of hydrogen-bond acceptors (Lipinski definition) is 5. The smallest absolute Gasteiger partial charge is 0.271 e. The summed E-state index contributed by atoms with van der Waals surface area (Å²) < 4.78 is 4.92. The van der Waals surface area contributed by atoms with Crippen LogP contribution in [0.5, 0.6) is 0 Å². The molecule has 0 aliphatic heterocycles. The Morgan fingerprint density at radius 2 is 2.00 bits per heavy atom. The number of aromatic nitrogens is 2. The molecule has 0 aliphatic carbocycles. The van der Waals surface area contributed by atoms with Gasteiger partial charge in [0, 0.05) is 26.8 Å². The highest BCUT2D eigenvalue weighted by atomic mass is 16.5. The molecule has 6 heteroatoms. The van der Waals surface area contributed by atoms with Gasteiger partial charge >= 0.3 is 0 Å². The van der Waals surface area contributed by atoms with Crippen LogP contribution in [0.15, 0.2) is 42.7 Å². The van der Waals surface area contributed by atoms with Crippen molar-refractivity contribution in [2.45, 2.75) is 13.0 Å². The lowest BCUT2D eigenvalue weighted by atomic mass is 10.2. The third-order valence-electron chi connectivity index (χ3n) is 3.01. The molecule has 0 saturated carbocycles. The molecule has 1 amide bonds. The summed E-state index contributed by atoms with van der Waals surface area (Å²) in [7, 11) is 1.63. The Morgan fingerprint density at radius 1 is 1.18 bits per heavy atom. The first kappa shape index (κ1) is 15.9. The molecule has 6 nitrogen and oxygen atoms in total. The number of carbonyl (C=O) groups is 1. The average molecular weight is 300 g/mol. The van der Waals surface area contributed by atoms with Crippen molar-refractivity contribution >= 4 is 11.7 Å². The van der Waals surface area contributed by atoms with E-state index in [1.54, 1.807) is 13.3 Å². The van der Waals surface area contributed by atoms with Crippen LogP contribution >= 0.6 is 0 Å². The molecule has 22 heavy (non-hydrogen) atoms. The first-order chi connectivity index (χ1) is 10.8. The maximum absolute atomic E-state index is 11.8. The van der Waals surface area contributed by atoms with E-state index in [1.165, 1.54) is 6.20 Å². The summed E-state index contributed by atoms with van der Waals surface area (Å²) in [5.41, 5.74) is 1.46. The molecule has 0 radical (unpaired) electrons. The standard InChI is InChI=1S/C16H20N4O2/c1-22-9-5-8-17-16(21)14-11-20-15(12-18-14)19-10-13-6-3-2-4-7-13/h2-4,6-7,11-12H,5,8-10H2,1H3,(H,17,21)(H,19,20). The fourth-order valence-electron chi connectivity index (χ4n) is 1.83. The summed E-state index contributed by atoms with van der Waals surface area (Å²) in [6.07, 6.45) is 3.80. The van der Waals surface area contributed by atoms with Gasteiger partial charge in [-0.05, 0) is 12.0 Å². The molecule has 0 saturated heterocycles. The Labute approximate surface area is 129 Å². The van der Waals surface area contributed by atoms with Crippen LogP contribution in [0.4, 0.5) is 5.82 Å². The zero-order valence-corrected chi connectivity index (χ0v) is 12.6. The highest BCUT2D eigenvalue weighted by Crippen LogP contribution is 2.05. The Balaban J connectivity index is 1.81. The molecule has 0 spiro atoms. The number of benzene rings is 1. The molecule has 2 N–H and O–H groups in total. The third-order valence-corrected chi connectivity index (χ3v) is 3.01. The van der Waals surface area contributed by atoms with E-state index in [2.05, 4.69) is 20.6 Å². The first-order valence-electron chi connectivity index (χ1n) is 7.16. The van der Waals surface area contributed by atoms with Gasteiger partial charge in [-0.2, -0.15) is 0 Å². The van der Waals surface area contributed by atoms with Crippen molar-refractivity contribution in [3.05, 3.63) is 54.0 Å². The zero-order valence-electron chi connectivity index (χ0n) is 12.6. The Hall–Kier alpha value is -2.47. The lowest BCUT2D eigenvalue weighted by molar-refractivity contribution is 0.0943. The fourth-order valence-corrected chi connectivity index (χ4v) is 1.83. The molecule has 0 unspecified atom stereocenters. The van der Waals surface area contributed by atoms with Crippen LogP contribution in [0, 0.1) is 0 Å². The lowest BCUT2D eigenvalue weighted by Crippen LogP contribution is -2.26. The number of nitrogens with zero attached hydrogens (tertiary/aromatic N) is 2. The van der Waals surface area contributed by atoms with Gasteiger partial charge in [0.1, 0.15) is 11.5 Å². The van der Waals surface area contributed by atoms with Crippen molar-refractivity contribution in [1.82, 2.24) is 15.3 Å². The number of hydrogen-bond donors (Lipinski definition) is 2. The van der Waals surface area contributed by atoms with Gasteiger partial charge in [-0.1, -0.05) is 30.3 Å². The number of rotatable bonds is 8. The predicted molar refractivity (Wildman–Crippen MR) is 84.6 cm³/mol. The number of anilines is 1. The van der Waals surface area contributed by atoms with Gasteiger partial charge in [0.2, 0.25) is 0 Å². The molecule has 1 aromatic carbocycles. The quantitative estimate of drug-likeness (QED) is 0.728. The molecular weight excluding hydrogens is 280 g/mol. The minimum Gasteiger partial charge on any atom is -0.385 e. The largest absolute Gasteiger partial charge is 0.385 e. The van der Waals surface area contributed by atoms with Gasteiger partial charge in [-0.15, -0.1) is 0 Å². The van der Waals surface area contributed by atoms with Crippen LogP contribution in [0.3, 0.4) is 0 Å². The molecule has 0 atom stereocenters. The van der Waals surface area contributed by atoms with Crippen LogP contribution in [0.2, 0.25) is 0 Å². The van der Waals surface area contributed by atoms with Crippen LogP contribution < -0.4 is 10.6 Å². The summed E-state index contributed by atoms with van der Waals surface area (Å²) in [5.74, 6) is 0.415. The number of methoxy groups -OCH3 is 1. The molecule has 1 aromatic heterocycles. The van der Waals surface area contributed by atoms with Gasteiger partial charge in [-0.3, -0.25) is 4.79 Å². The Kier molecular flexibility index (Phi) is 6.32.